The predicted molar refractivity (Wildman–Crippen MR) is 62.3 cm³/mol. The van der Waals surface area contributed by atoms with Gasteiger partial charge in [-0.15, -0.1) is 0 Å². The van der Waals surface area contributed by atoms with Crippen LogP contribution in [0, 0.1) is 12.7 Å². The molecule has 1 heterocycles. The molecule has 1 aliphatic rings. The van der Waals surface area contributed by atoms with Crippen molar-refractivity contribution < 1.29 is 14.3 Å². The lowest BCUT2D eigenvalue weighted by atomic mass is 10.1. The maximum atomic E-state index is 13.2. The number of amides is 1. The van der Waals surface area contributed by atoms with Gasteiger partial charge in [-0.05, 0) is 43.5 Å². The normalized spacial score (nSPS) is 19.7. The Balaban J connectivity index is 2.24. The minimum absolute atomic E-state index is 0.0277. The highest BCUT2D eigenvalue weighted by Crippen LogP contribution is 2.20. The van der Waals surface area contributed by atoms with E-state index in [4.69, 9.17) is 0 Å². The van der Waals surface area contributed by atoms with Crippen molar-refractivity contribution in [3.8, 4) is 0 Å². The summed E-state index contributed by atoms with van der Waals surface area (Å²) in [5.41, 5.74) is 1.09. The molecule has 1 saturated heterocycles. The fourth-order valence-corrected chi connectivity index (χ4v) is 2.32. The van der Waals surface area contributed by atoms with Gasteiger partial charge in [-0.25, -0.2) is 4.39 Å². The zero-order valence-electron chi connectivity index (χ0n) is 9.82. The monoisotopic (exact) mass is 237 g/mol. The number of halogens is 1. The molecule has 0 aromatic heterocycles. The third-order valence-electron chi connectivity index (χ3n) is 3.14. The molecule has 1 fully saturated rings. The van der Waals surface area contributed by atoms with E-state index in [1.165, 1.54) is 12.1 Å². The molecule has 0 radical (unpaired) electrons. The molecule has 1 unspecified atom stereocenters. The van der Waals surface area contributed by atoms with E-state index in [1.54, 1.807) is 17.9 Å². The van der Waals surface area contributed by atoms with Crippen LogP contribution in [0.1, 0.15) is 28.8 Å². The minimum atomic E-state index is -0.395. The molecule has 1 N–H and O–H groups in total. The number of aliphatic hydroxyl groups excluding tert-OH is 1. The van der Waals surface area contributed by atoms with Crippen LogP contribution in [0.15, 0.2) is 18.2 Å². The quantitative estimate of drug-likeness (QED) is 0.851. The van der Waals surface area contributed by atoms with E-state index < -0.39 is 5.82 Å². The van der Waals surface area contributed by atoms with E-state index in [9.17, 15) is 14.3 Å². The number of nitrogens with zero attached hydrogens (tertiary/aromatic N) is 1. The first kappa shape index (κ1) is 12.0. The second-order valence-corrected chi connectivity index (χ2v) is 4.49. The summed E-state index contributed by atoms with van der Waals surface area (Å²) in [4.78, 5) is 13.8. The molecule has 3 nitrogen and oxygen atoms in total. The Hall–Kier alpha value is -1.42. The summed E-state index contributed by atoms with van der Waals surface area (Å²) in [7, 11) is 0. The lowest BCUT2D eigenvalue weighted by Crippen LogP contribution is -2.37. The first-order chi connectivity index (χ1) is 8.11. The molecule has 1 amide bonds. The van der Waals surface area contributed by atoms with Crippen molar-refractivity contribution >= 4 is 5.91 Å². The van der Waals surface area contributed by atoms with E-state index in [2.05, 4.69) is 0 Å². The molecule has 4 heteroatoms. The molecule has 1 aromatic carbocycles. The van der Waals surface area contributed by atoms with Gasteiger partial charge in [0.1, 0.15) is 5.82 Å². The maximum absolute atomic E-state index is 13.2. The Morgan fingerprint density at radius 3 is 2.94 bits per heavy atom. The smallest absolute Gasteiger partial charge is 0.254 e. The number of carbonyl (C=O) groups is 1. The fourth-order valence-electron chi connectivity index (χ4n) is 2.32. The predicted octanol–water partition coefficient (Wildman–Crippen LogP) is 1.73. The largest absolute Gasteiger partial charge is 0.394 e. The van der Waals surface area contributed by atoms with Crippen molar-refractivity contribution in [2.45, 2.75) is 25.8 Å². The van der Waals surface area contributed by atoms with Gasteiger partial charge in [0.05, 0.1) is 12.6 Å². The van der Waals surface area contributed by atoms with Gasteiger partial charge in [0.2, 0.25) is 0 Å². The van der Waals surface area contributed by atoms with Gasteiger partial charge in [0, 0.05) is 12.1 Å². The van der Waals surface area contributed by atoms with Crippen molar-refractivity contribution in [2.75, 3.05) is 13.2 Å². The molecular weight excluding hydrogens is 221 g/mol. The zero-order valence-corrected chi connectivity index (χ0v) is 9.82. The van der Waals surface area contributed by atoms with E-state index in [0.29, 0.717) is 12.1 Å². The number of aliphatic hydroxyl groups is 1. The number of rotatable bonds is 2. The molecule has 0 aliphatic carbocycles. The van der Waals surface area contributed by atoms with E-state index in [1.807, 2.05) is 0 Å². The highest BCUT2D eigenvalue weighted by molar-refractivity contribution is 5.94. The molecule has 1 aliphatic heterocycles. The number of aryl methyl sites for hydroxylation is 1. The molecule has 0 spiro atoms. The van der Waals surface area contributed by atoms with Gasteiger partial charge >= 0.3 is 0 Å². The van der Waals surface area contributed by atoms with E-state index >= 15 is 0 Å². The van der Waals surface area contributed by atoms with Crippen LogP contribution < -0.4 is 0 Å². The van der Waals surface area contributed by atoms with Gasteiger partial charge in [-0.1, -0.05) is 0 Å². The van der Waals surface area contributed by atoms with Gasteiger partial charge in [0.15, 0.2) is 0 Å². The minimum Gasteiger partial charge on any atom is -0.394 e. The van der Waals surface area contributed by atoms with Crippen molar-refractivity contribution in [3.63, 3.8) is 0 Å². The Morgan fingerprint density at radius 1 is 1.53 bits per heavy atom. The summed E-state index contributed by atoms with van der Waals surface area (Å²) in [6, 6.07) is 4.20. The Labute approximate surface area is 99.9 Å². The molecule has 0 saturated carbocycles. The molecule has 1 atom stereocenters. The van der Waals surface area contributed by atoms with Crippen LogP contribution in [0.3, 0.4) is 0 Å². The number of hydrogen-bond acceptors (Lipinski definition) is 2. The second-order valence-electron chi connectivity index (χ2n) is 4.49. The van der Waals surface area contributed by atoms with Gasteiger partial charge in [-0.2, -0.15) is 0 Å². The first-order valence-electron chi connectivity index (χ1n) is 5.81. The number of likely N-dealkylation sites (tertiary alicyclic amines) is 1. The standard InChI is InChI=1S/C13H16FNO2/c1-9-5-10(7-11(14)6-9)13(17)15-4-2-3-12(15)8-16/h5-7,12,16H,2-4,8H2,1H3. The summed E-state index contributed by atoms with van der Waals surface area (Å²) in [6.45, 7) is 2.37. The van der Waals surface area contributed by atoms with Gasteiger partial charge < -0.3 is 10.0 Å². The molecule has 92 valence electrons. The van der Waals surface area contributed by atoms with Crippen LogP contribution in [0.4, 0.5) is 4.39 Å². The molecule has 0 bridgehead atoms. The van der Waals surface area contributed by atoms with Crippen molar-refractivity contribution in [1.29, 1.82) is 0 Å². The lowest BCUT2D eigenvalue weighted by molar-refractivity contribution is 0.0677. The third kappa shape index (κ3) is 2.47. The fraction of sp³-hybridized carbons (Fsp3) is 0.462. The lowest BCUT2D eigenvalue weighted by Gasteiger charge is -2.23. The average molecular weight is 237 g/mol. The molecule has 17 heavy (non-hydrogen) atoms. The van der Waals surface area contributed by atoms with Crippen molar-refractivity contribution in [1.82, 2.24) is 4.90 Å². The second kappa shape index (κ2) is 4.84. The summed E-state index contributed by atoms with van der Waals surface area (Å²) in [5, 5.41) is 9.17. The average Bonchev–Trinajstić information content (AvgIpc) is 2.74. The van der Waals surface area contributed by atoms with Crippen LogP contribution in [-0.4, -0.2) is 35.1 Å². The SMILES string of the molecule is Cc1cc(F)cc(C(=O)N2CCCC2CO)c1. The highest BCUT2D eigenvalue weighted by atomic mass is 19.1. The van der Waals surface area contributed by atoms with Crippen molar-refractivity contribution in [3.05, 3.63) is 35.1 Å². The Kier molecular flexibility index (Phi) is 3.43. The van der Waals surface area contributed by atoms with Gasteiger partial charge in [-0.3, -0.25) is 4.79 Å². The van der Waals surface area contributed by atoms with Crippen LogP contribution in [-0.2, 0) is 0 Å². The van der Waals surface area contributed by atoms with Crippen LogP contribution >= 0.6 is 0 Å². The zero-order chi connectivity index (χ0) is 12.4. The van der Waals surface area contributed by atoms with Crippen molar-refractivity contribution in [2.24, 2.45) is 0 Å². The number of benzene rings is 1. The van der Waals surface area contributed by atoms with Crippen LogP contribution in [0.2, 0.25) is 0 Å². The van der Waals surface area contributed by atoms with E-state index in [0.717, 1.165) is 18.4 Å². The molecule has 2 rings (SSSR count). The topological polar surface area (TPSA) is 40.5 Å². The maximum Gasteiger partial charge on any atom is 0.254 e. The third-order valence-corrected chi connectivity index (χ3v) is 3.14. The molecule has 1 aromatic rings. The van der Waals surface area contributed by atoms with Crippen LogP contribution in [0.25, 0.3) is 0 Å². The van der Waals surface area contributed by atoms with E-state index in [-0.39, 0.29) is 18.6 Å². The Bertz CT molecular complexity index is 413. The van der Waals surface area contributed by atoms with Crippen LogP contribution in [0.5, 0.6) is 0 Å². The molecular formula is C13H16FNO2. The Morgan fingerprint density at radius 2 is 2.29 bits per heavy atom. The number of hydrogen-bond donors (Lipinski definition) is 1. The highest BCUT2D eigenvalue weighted by Gasteiger charge is 2.28. The summed E-state index contributed by atoms with van der Waals surface area (Å²) in [5.74, 6) is -0.586. The number of carbonyl (C=O) groups excluding carboxylic acids is 1. The summed E-state index contributed by atoms with van der Waals surface area (Å²) in [6.07, 6.45) is 1.71. The first-order valence-corrected chi connectivity index (χ1v) is 5.81. The summed E-state index contributed by atoms with van der Waals surface area (Å²) >= 11 is 0. The van der Waals surface area contributed by atoms with Gasteiger partial charge in [0.25, 0.3) is 5.91 Å². The summed E-state index contributed by atoms with van der Waals surface area (Å²) < 4.78 is 13.2.